The number of hydrogen-bond acceptors (Lipinski definition) is 0. The monoisotopic (exact) mass is 250 g/mol. The fraction of sp³-hybridized carbons (Fsp3) is 1.00. The third-order valence-corrected chi connectivity index (χ3v) is 1.46. The zero-order valence-electron chi connectivity index (χ0n) is 7.82. The van der Waals surface area contributed by atoms with Crippen molar-refractivity contribution in [2.75, 3.05) is 0 Å². The van der Waals surface area contributed by atoms with E-state index in [0.717, 1.165) is 0 Å². The van der Waals surface area contributed by atoms with Gasteiger partial charge in [0, 0.05) is 0 Å². The average molecular weight is 249 g/mol. The summed E-state index contributed by atoms with van der Waals surface area (Å²) in [6.45, 7) is 4.51. The number of unbranched alkanes of at least 4 members (excludes halogenated alkanes) is 5. The Bertz CT molecular complexity index is 29.7. The van der Waals surface area contributed by atoms with Crippen LogP contribution >= 0.6 is 0 Å². The molecule has 62 valence electrons. The topological polar surface area (TPSA) is 0 Å². The molecule has 0 unspecified atom stereocenters. The van der Waals surface area contributed by atoms with Crippen molar-refractivity contribution in [1.82, 2.24) is 0 Å². The first-order valence-electron chi connectivity index (χ1n) is 4.49. The molecule has 0 saturated heterocycles. The van der Waals surface area contributed by atoms with Gasteiger partial charge in [0.05, 0.1) is 0 Å². The summed E-state index contributed by atoms with van der Waals surface area (Å²) in [6, 6.07) is 0. The molecule has 0 aliphatic carbocycles. The summed E-state index contributed by atoms with van der Waals surface area (Å²) in [4.78, 5) is 2.13. The first-order chi connectivity index (χ1) is 4.91. The van der Waals surface area contributed by atoms with Crippen LogP contribution in [0, 0.1) is 0 Å². The molecule has 0 aromatic rings. The summed E-state index contributed by atoms with van der Waals surface area (Å²) < 4.78 is 0. The molecule has 10 heavy (non-hydrogen) atoms. The van der Waals surface area contributed by atoms with Gasteiger partial charge in [0.15, 0.2) is 0 Å². The molecule has 0 N–H and O–H groups in total. The van der Waals surface area contributed by atoms with Crippen LogP contribution < -0.4 is 0 Å². The second kappa shape index (κ2) is 16.4. The molecule has 2 radical (unpaired) electrons. The molecule has 0 atom stereocenters. The van der Waals surface area contributed by atoms with E-state index in [1.807, 2.05) is 0 Å². The third-order valence-electron chi connectivity index (χ3n) is 1.46. The van der Waals surface area contributed by atoms with Crippen LogP contribution in [0.5, 0.6) is 0 Å². The normalized spacial score (nSPS) is 8.40. The molecule has 0 heterocycles. The standard InChI is InChI=1S/C8H18.CH3.Sn.H/c1-3-5-7-8-6-4-2;;;/h3-8H2,1-2H3;1H3;;. The molecule has 0 spiro atoms. The minimum atomic E-state index is 1.35. The van der Waals surface area contributed by atoms with Crippen LogP contribution in [-0.4, -0.2) is 22.5 Å². The van der Waals surface area contributed by atoms with Crippen molar-refractivity contribution in [1.29, 1.82) is 0 Å². The maximum atomic E-state index is 2.26. The molecular weight excluding hydrogens is 227 g/mol. The zero-order valence-corrected chi connectivity index (χ0v) is 11.1. The summed E-state index contributed by atoms with van der Waals surface area (Å²) in [6.07, 6.45) is 8.49. The fourth-order valence-electron chi connectivity index (χ4n) is 0.854. The van der Waals surface area contributed by atoms with Crippen molar-refractivity contribution in [3.05, 3.63) is 0 Å². The van der Waals surface area contributed by atoms with Crippen LogP contribution in [0.1, 0.15) is 52.4 Å². The van der Waals surface area contributed by atoms with E-state index in [4.69, 9.17) is 0 Å². The first kappa shape index (κ1) is 13.4. The van der Waals surface area contributed by atoms with E-state index in [1.54, 1.807) is 0 Å². The van der Waals surface area contributed by atoms with Gasteiger partial charge in [-0.05, 0) is 0 Å². The molecule has 0 fully saturated rings. The van der Waals surface area contributed by atoms with E-state index in [9.17, 15) is 0 Å². The number of hydrogen-bond donors (Lipinski definition) is 0. The quantitative estimate of drug-likeness (QED) is 0.518. The van der Waals surface area contributed by atoms with Crippen molar-refractivity contribution in [3.8, 4) is 0 Å². The molecule has 0 aromatic carbocycles. The van der Waals surface area contributed by atoms with Gasteiger partial charge in [0.25, 0.3) is 0 Å². The predicted octanol–water partition coefficient (Wildman–Crippen LogP) is 3.30. The fourth-order valence-corrected chi connectivity index (χ4v) is 0.854. The Hall–Kier alpha value is 0.799. The van der Waals surface area contributed by atoms with Gasteiger partial charge < -0.3 is 0 Å². The van der Waals surface area contributed by atoms with Gasteiger partial charge in [0.1, 0.15) is 0 Å². The Kier molecular flexibility index (Phi) is 22.0. The molecule has 1 heteroatoms. The van der Waals surface area contributed by atoms with E-state index < -0.39 is 0 Å². The van der Waals surface area contributed by atoms with E-state index in [1.165, 1.54) is 61.0 Å². The first-order valence-corrected chi connectivity index (χ1v) is 7.79. The van der Waals surface area contributed by atoms with Gasteiger partial charge in [-0.2, -0.15) is 0 Å². The molecule has 0 amide bonds. The Balaban J connectivity index is 0. The summed E-state index contributed by atoms with van der Waals surface area (Å²) >= 11 is 1.35. The molecule has 0 aliphatic rings. The van der Waals surface area contributed by atoms with Crippen LogP contribution in [-0.2, 0) is 0 Å². The summed E-state index contributed by atoms with van der Waals surface area (Å²) in [5.74, 6) is 0. The van der Waals surface area contributed by atoms with Gasteiger partial charge in [-0.25, -0.2) is 0 Å². The second-order valence-electron chi connectivity index (χ2n) is 2.41. The van der Waals surface area contributed by atoms with E-state index >= 15 is 0 Å². The average Bonchev–Trinajstić information content (AvgIpc) is 2.02. The Morgan fingerprint density at radius 1 is 0.700 bits per heavy atom. The maximum absolute atomic E-state index is 2.26. The van der Waals surface area contributed by atoms with Gasteiger partial charge in [0.2, 0.25) is 0 Å². The van der Waals surface area contributed by atoms with Crippen LogP contribution in [0.15, 0.2) is 0 Å². The van der Waals surface area contributed by atoms with Gasteiger partial charge in [-0.1, -0.05) is 52.4 Å². The Morgan fingerprint density at radius 3 is 1.20 bits per heavy atom. The van der Waals surface area contributed by atoms with E-state index in [2.05, 4.69) is 18.8 Å². The van der Waals surface area contributed by atoms with Crippen molar-refractivity contribution < 1.29 is 0 Å². The number of rotatable bonds is 5. The molecule has 0 rings (SSSR count). The second-order valence-corrected chi connectivity index (χ2v) is 2.41. The van der Waals surface area contributed by atoms with Gasteiger partial charge in [-0.3, -0.25) is 0 Å². The summed E-state index contributed by atoms with van der Waals surface area (Å²) in [5, 5.41) is 0. The van der Waals surface area contributed by atoms with Crippen LogP contribution in [0.2, 0.25) is 4.94 Å². The minimum absolute atomic E-state index is 1.35. The molecule has 0 saturated carbocycles. The van der Waals surface area contributed by atoms with Gasteiger partial charge >= 0.3 is 27.5 Å². The summed E-state index contributed by atoms with van der Waals surface area (Å²) in [7, 11) is 0. The molecule has 0 nitrogen and oxygen atoms in total. The molecule has 0 aromatic heterocycles. The van der Waals surface area contributed by atoms with Crippen LogP contribution in [0.4, 0.5) is 0 Å². The van der Waals surface area contributed by atoms with E-state index in [-0.39, 0.29) is 0 Å². The molecule has 0 bridgehead atoms. The van der Waals surface area contributed by atoms with Crippen LogP contribution in [0.25, 0.3) is 0 Å². The SMILES string of the molecule is CCCCCCCC.[CH3][SnH]. The zero-order chi connectivity index (χ0) is 8.24. The van der Waals surface area contributed by atoms with Gasteiger partial charge in [-0.15, -0.1) is 0 Å². The predicted molar refractivity (Wildman–Crippen MR) is 52.1 cm³/mol. The Labute approximate surface area is 79.9 Å². The van der Waals surface area contributed by atoms with Crippen LogP contribution in [0.3, 0.4) is 0 Å². The van der Waals surface area contributed by atoms with E-state index in [0.29, 0.717) is 0 Å². The van der Waals surface area contributed by atoms with Crippen molar-refractivity contribution in [2.24, 2.45) is 0 Å². The van der Waals surface area contributed by atoms with Crippen molar-refractivity contribution in [3.63, 3.8) is 0 Å². The summed E-state index contributed by atoms with van der Waals surface area (Å²) in [5.41, 5.74) is 0. The molecular formula is C9H22Sn. The van der Waals surface area contributed by atoms with Crippen molar-refractivity contribution >= 4 is 22.5 Å². The van der Waals surface area contributed by atoms with Crippen molar-refractivity contribution in [2.45, 2.75) is 57.3 Å². The third kappa shape index (κ3) is 15.9. The molecule has 0 aliphatic heterocycles. The Morgan fingerprint density at radius 2 is 1.00 bits per heavy atom.